The molecule has 5 heteroatoms. The minimum absolute atomic E-state index is 0.0388. The normalized spacial score (nSPS) is 21.2. The molecule has 0 N–H and O–H groups in total. The maximum absolute atomic E-state index is 14.0. The van der Waals surface area contributed by atoms with E-state index in [1.807, 2.05) is 18.3 Å². The molecule has 1 aromatic heterocycles. The summed E-state index contributed by atoms with van der Waals surface area (Å²) >= 11 is 0. The zero-order valence-electron chi connectivity index (χ0n) is 15.0. The molecule has 132 valence electrons. The Bertz CT molecular complexity index is 817. The molecule has 2 heterocycles. The van der Waals surface area contributed by atoms with Gasteiger partial charge in [0.1, 0.15) is 11.9 Å². The standard InChI is InChI=1S/C20H24FN3O/c1-20(2,3)18-9-11-24(22-18)17-8-10-23(19(17)25)14-6-7-16(21)15(12-14)13-4-5-13/h6-7,9,11-13,17H,4-5,8,10H2,1-3H3. The smallest absolute Gasteiger partial charge is 0.251 e. The van der Waals surface area contributed by atoms with Crippen molar-refractivity contribution in [2.24, 2.45) is 0 Å². The summed E-state index contributed by atoms with van der Waals surface area (Å²) in [6.07, 6.45) is 4.70. The van der Waals surface area contributed by atoms with E-state index in [9.17, 15) is 9.18 Å². The lowest BCUT2D eigenvalue weighted by Gasteiger charge is -2.18. The number of hydrogen-bond donors (Lipinski definition) is 0. The van der Waals surface area contributed by atoms with Crippen LogP contribution >= 0.6 is 0 Å². The maximum atomic E-state index is 14.0. The molecule has 2 aliphatic rings. The van der Waals surface area contributed by atoms with Crippen molar-refractivity contribution in [3.8, 4) is 0 Å². The third kappa shape index (κ3) is 2.96. The Kier molecular flexibility index (Phi) is 3.71. The number of nitrogens with zero attached hydrogens (tertiary/aromatic N) is 3. The third-order valence-electron chi connectivity index (χ3n) is 5.18. The van der Waals surface area contributed by atoms with Gasteiger partial charge in [-0.15, -0.1) is 0 Å². The fourth-order valence-electron chi connectivity index (χ4n) is 3.48. The molecule has 1 saturated heterocycles. The second-order valence-electron chi connectivity index (χ2n) is 8.21. The lowest BCUT2D eigenvalue weighted by atomic mass is 9.93. The lowest BCUT2D eigenvalue weighted by molar-refractivity contribution is -0.120. The van der Waals surface area contributed by atoms with Gasteiger partial charge in [0.2, 0.25) is 0 Å². The van der Waals surface area contributed by atoms with Crippen LogP contribution in [-0.4, -0.2) is 22.2 Å². The summed E-state index contributed by atoms with van der Waals surface area (Å²) in [6, 6.07) is 6.78. The molecule has 0 spiro atoms. The van der Waals surface area contributed by atoms with E-state index in [1.54, 1.807) is 15.6 Å². The van der Waals surface area contributed by atoms with Gasteiger partial charge in [-0.3, -0.25) is 9.48 Å². The molecule has 0 bridgehead atoms. The van der Waals surface area contributed by atoms with Gasteiger partial charge >= 0.3 is 0 Å². The maximum Gasteiger partial charge on any atom is 0.251 e. The van der Waals surface area contributed by atoms with Crippen molar-refractivity contribution in [1.82, 2.24) is 9.78 Å². The number of benzene rings is 1. The molecule has 1 amide bonds. The minimum Gasteiger partial charge on any atom is -0.310 e. The number of amides is 1. The molecule has 1 aliphatic heterocycles. The summed E-state index contributed by atoms with van der Waals surface area (Å²) in [4.78, 5) is 14.7. The molecule has 4 rings (SSSR count). The Morgan fingerprint density at radius 1 is 1.16 bits per heavy atom. The topological polar surface area (TPSA) is 38.1 Å². The molecule has 2 fully saturated rings. The fourth-order valence-corrected chi connectivity index (χ4v) is 3.48. The van der Waals surface area contributed by atoms with Gasteiger partial charge in [-0.05, 0) is 55.0 Å². The molecule has 2 aromatic rings. The lowest BCUT2D eigenvalue weighted by Crippen LogP contribution is -2.28. The Labute approximate surface area is 147 Å². The summed E-state index contributed by atoms with van der Waals surface area (Å²) in [5, 5.41) is 4.62. The molecule has 25 heavy (non-hydrogen) atoms. The van der Waals surface area contributed by atoms with E-state index in [0.29, 0.717) is 12.5 Å². The molecule has 1 atom stereocenters. The summed E-state index contributed by atoms with van der Waals surface area (Å²) < 4.78 is 15.8. The van der Waals surface area contributed by atoms with Crippen LogP contribution in [-0.2, 0) is 10.2 Å². The van der Waals surface area contributed by atoms with Crippen LogP contribution in [0.2, 0.25) is 0 Å². The van der Waals surface area contributed by atoms with Crippen molar-refractivity contribution in [2.45, 2.75) is 57.4 Å². The van der Waals surface area contributed by atoms with E-state index in [2.05, 4.69) is 25.9 Å². The number of halogens is 1. The van der Waals surface area contributed by atoms with Crippen molar-refractivity contribution in [2.75, 3.05) is 11.4 Å². The second kappa shape index (κ2) is 5.68. The van der Waals surface area contributed by atoms with Crippen molar-refractivity contribution < 1.29 is 9.18 Å². The van der Waals surface area contributed by atoms with Gasteiger partial charge in [-0.1, -0.05) is 20.8 Å². The Hall–Kier alpha value is -2.17. The molecule has 4 nitrogen and oxygen atoms in total. The third-order valence-corrected chi connectivity index (χ3v) is 5.18. The van der Waals surface area contributed by atoms with Gasteiger partial charge in [0.25, 0.3) is 5.91 Å². The van der Waals surface area contributed by atoms with Crippen LogP contribution < -0.4 is 4.90 Å². The average molecular weight is 341 g/mol. The Morgan fingerprint density at radius 2 is 1.92 bits per heavy atom. The largest absolute Gasteiger partial charge is 0.310 e. The molecular formula is C20H24FN3O. The van der Waals surface area contributed by atoms with Gasteiger partial charge in [0, 0.05) is 23.8 Å². The highest BCUT2D eigenvalue weighted by atomic mass is 19.1. The first-order valence-electron chi connectivity index (χ1n) is 9.01. The zero-order chi connectivity index (χ0) is 17.8. The molecular weight excluding hydrogens is 317 g/mol. The SMILES string of the molecule is CC(C)(C)c1ccn(C2CCN(c3ccc(F)c(C4CC4)c3)C2=O)n1. The van der Waals surface area contributed by atoms with Crippen LogP contribution in [0.3, 0.4) is 0 Å². The van der Waals surface area contributed by atoms with Crippen LogP contribution in [0.5, 0.6) is 0 Å². The van der Waals surface area contributed by atoms with Crippen molar-refractivity contribution >= 4 is 11.6 Å². The number of carbonyl (C=O) groups is 1. The number of hydrogen-bond acceptors (Lipinski definition) is 2. The van der Waals surface area contributed by atoms with E-state index in [-0.39, 0.29) is 23.2 Å². The number of carbonyl (C=O) groups excluding carboxylic acids is 1. The van der Waals surface area contributed by atoms with Crippen LogP contribution in [0.15, 0.2) is 30.5 Å². The Balaban J connectivity index is 1.57. The van der Waals surface area contributed by atoms with Crippen LogP contribution in [0.25, 0.3) is 0 Å². The number of aromatic nitrogens is 2. The first-order valence-corrected chi connectivity index (χ1v) is 9.01. The van der Waals surface area contributed by atoms with E-state index in [1.165, 1.54) is 6.07 Å². The number of rotatable bonds is 3. The highest BCUT2D eigenvalue weighted by Crippen LogP contribution is 2.43. The predicted molar refractivity (Wildman–Crippen MR) is 95.3 cm³/mol. The van der Waals surface area contributed by atoms with Gasteiger partial charge in [0.05, 0.1) is 5.69 Å². The average Bonchev–Trinajstić information content (AvgIpc) is 3.13. The molecule has 1 unspecified atom stereocenters. The van der Waals surface area contributed by atoms with E-state index in [0.717, 1.165) is 36.2 Å². The van der Waals surface area contributed by atoms with Crippen molar-refractivity contribution in [3.05, 3.63) is 47.5 Å². The van der Waals surface area contributed by atoms with Gasteiger partial charge < -0.3 is 4.90 Å². The summed E-state index contributed by atoms with van der Waals surface area (Å²) in [6.45, 7) is 6.98. The molecule has 1 aliphatic carbocycles. The van der Waals surface area contributed by atoms with E-state index >= 15 is 0 Å². The number of anilines is 1. The first kappa shape index (κ1) is 16.3. The van der Waals surface area contributed by atoms with Crippen molar-refractivity contribution in [1.29, 1.82) is 0 Å². The van der Waals surface area contributed by atoms with E-state index < -0.39 is 0 Å². The van der Waals surface area contributed by atoms with Crippen LogP contribution in [0.4, 0.5) is 10.1 Å². The zero-order valence-corrected chi connectivity index (χ0v) is 15.0. The summed E-state index contributed by atoms with van der Waals surface area (Å²) in [5.41, 5.74) is 2.50. The highest BCUT2D eigenvalue weighted by molar-refractivity contribution is 5.98. The Morgan fingerprint density at radius 3 is 2.56 bits per heavy atom. The highest BCUT2D eigenvalue weighted by Gasteiger charge is 2.36. The second-order valence-corrected chi connectivity index (χ2v) is 8.21. The summed E-state index contributed by atoms with van der Waals surface area (Å²) in [5.74, 6) is 0.210. The molecule has 0 radical (unpaired) electrons. The minimum atomic E-state index is -0.273. The summed E-state index contributed by atoms with van der Waals surface area (Å²) in [7, 11) is 0. The van der Waals surface area contributed by atoms with Crippen LogP contribution in [0, 0.1) is 5.82 Å². The molecule has 1 saturated carbocycles. The quantitative estimate of drug-likeness (QED) is 0.840. The fraction of sp³-hybridized carbons (Fsp3) is 0.500. The predicted octanol–water partition coefficient (Wildman–Crippen LogP) is 4.18. The van der Waals surface area contributed by atoms with Gasteiger partial charge in [-0.2, -0.15) is 5.10 Å². The van der Waals surface area contributed by atoms with Crippen molar-refractivity contribution in [3.63, 3.8) is 0 Å². The van der Waals surface area contributed by atoms with Crippen LogP contribution in [0.1, 0.15) is 63.3 Å². The van der Waals surface area contributed by atoms with E-state index in [4.69, 9.17) is 0 Å². The molecule has 1 aromatic carbocycles. The first-order chi connectivity index (χ1) is 11.8. The monoisotopic (exact) mass is 341 g/mol. The van der Waals surface area contributed by atoms with Gasteiger partial charge in [0.15, 0.2) is 0 Å². The van der Waals surface area contributed by atoms with Gasteiger partial charge in [-0.25, -0.2) is 4.39 Å².